The molecule has 0 saturated heterocycles. The molecule has 0 unspecified atom stereocenters. The van der Waals surface area contributed by atoms with E-state index in [1.807, 2.05) is 30.3 Å². The Balaban J connectivity index is 1.84. The quantitative estimate of drug-likeness (QED) is 0.727. The molecule has 79 valence electrons. The molecule has 16 heavy (non-hydrogen) atoms. The molecule has 0 spiro atoms. The van der Waals surface area contributed by atoms with Gasteiger partial charge in [0.25, 0.3) is 0 Å². The van der Waals surface area contributed by atoms with Gasteiger partial charge in [0.15, 0.2) is 5.88 Å². The van der Waals surface area contributed by atoms with Crippen LogP contribution in [0.5, 0.6) is 5.88 Å². The summed E-state index contributed by atoms with van der Waals surface area (Å²) in [6.45, 7) is 0.607. The first-order valence-electron chi connectivity index (χ1n) is 5.07. The molecule has 2 aromatic heterocycles. The molecule has 3 heteroatoms. The summed E-state index contributed by atoms with van der Waals surface area (Å²) >= 11 is 1.70. The van der Waals surface area contributed by atoms with Crippen LogP contribution in [-0.2, 0) is 6.61 Å². The predicted octanol–water partition coefficient (Wildman–Crippen LogP) is 3.61. The number of hydrogen-bond acceptors (Lipinski definition) is 2. The summed E-state index contributed by atoms with van der Waals surface area (Å²) in [7, 11) is 0. The first-order valence-corrected chi connectivity index (χ1v) is 5.95. The minimum atomic E-state index is 0.607. The fourth-order valence-electron chi connectivity index (χ4n) is 1.63. The lowest BCUT2D eigenvalue weighted by Gasteiger charge is -2.02. The molecule has 0 bridgehead atoms. The van der Waals surface area contributed by atoms with Gasteiger partial charge in [-0.25, -0.2) is 0 Å². The molecule has 1 radical (unpaired) electrons. The fourth-order valence-corrected chi connectivity index (χ4v) is 2.25. The largest absolute Gasteiger partial charge is 0.473 e. The molecule has 0 aliphatic heterocycles. The van der Waals surface area contributed by atoms with Crippen LogP contribution in [0.25, 0.3) is 10.8 Å². The Morgan fingerprint density at radius 3 is 3.00 bits per heavy atom. The van der Waals surface area contributed by atoms with Crippen LogP contribution in [0.2, 0.25) is 0 Å². The van der Waals surface area contributed by atoms with E-state index in [-0.39, 0.29) is 0 Å². The predicted molar refractivity (Wildman–Crippen MR) is 65.8 cm³/mol. The van der Waals surface area contributed by atoms with Crippen LogP contribution in [0.3, 0.4) is 0 Å². The van der Waals surface area contributed by atoms with Gasteiger partial charge in [-0.3, -0.25) is 0 Å². The average molecular weight is 228 g/mol. The van der Waals surface area contributed by atoms with E-state index in [1.54, 1.807) is 11.3 Å². The van der Waals surface area contributed by atoms with Crippen LogP contribution < -0.4 is 4.74 Å². The zero-order chi connectivity index (χ0) is 10.8. The van der Waals surface area contributed by atoms with Crippen molar-refractivity contribution >= 4 is 22.1 Å². The van der Waals surface area contributed by atoms with Crippen molar-refractivity contribution in [2.45, 2.75) is 6.61 Å². The van der Waals surface area contributed by atoms with Crippen molar-refractivity contribution < 1.29 is 4.74 Å². The topological polar surface area (TPSA) is 25.0 Å². The summed E-state index contributed by atoms with van der Waals surface area (Å²) in [6, 6.07) is 12.1. The van der Waals surface area contributed by atoms with Gasteiger partial charge in [0.05, 0.1) is 6.20 Å². The lowest BCUT2D eigenvalue weighted by Crippen LogP contribution is -1.92. The molecule has 0 aliphatic carbocycles. The molecule has 2 heterocycles. The van der Waals surface area contributed by atoms with E-state index in [2.05, 4.69) is 22.6 Å². The normalized spacial score (nSPS) is 10.8. The van der Waals surface area contributed by atoms with Gasteiger partial charge in [-0.1, -0.05) is 24.3 Å². The van der Waals surface area contributed by atoms with E-state index >= 15 is 0 Å². The van der Waals surface area contributed by atoms with Gasteiger partial charge in [-0.2, -0.15) is 0 Å². The summed E-state index contributed by atoms with van der Waals surface area (Å²) in [5.74, 6) is 0.795. The SMILES string of the molecule is [c]1[nH]c(OCc2cccs2)c2ccccc12. The van der Waals surface area contributed by atoms with Gasteiger partial charge in [-0.15, -0.1) is 11.3 Å². The number of benzene rings is 1. The second-order valence-corrected chi connectivity index (χ2v) is 4.52. The van der Waals surface area contributed by atoms with E-state index in [9.17, 15) is 0 Å². The summed E-state index contributed by atoms with van der Waals surface area (Å²) in [6.07, 6.45) is 3.07. The third-order valence-corrected chi connectivity index (χ3v) is 3.27. The average Bonchev–Trinajstić information content (AvgIpc) is 2.96. The number of rotatable bonds is 3. The number of thiophene rings is 1. The van der Waals surface area contributed by atoms with Crippen LogP contribution in [0.4, 0.5) is 0 Å². The molecule has 0 saturated carbocycles. The minimum Gasteiger partial charge on any atom is -0.473 e. The molecule has 3 rings (SSSR count). The first kappa shape index (κ1) is 9.48. The molecular weight excluding hydrogens is 218 g/mol. The van der Waals surface area contributed by atoms with E-state index in [1.165, 1.54) is 4.88 Å². The minimum absolute atomic E-state index is 0.607. The molecule has 0 aliphatic rings. The lowest BCUT2D eigenvalue weighted by molar-refractivity contribution is 0.302. The maximum Gasteiger partial charge on any atom is 0.199 e. The van der Waals surface area contributed by atoms with Gasteiger partial charge in [-0.05, 0) is 17.5 Å². The highest BCUT2D eigenvalue weighted by molar-refractivity contribution is 7.09. The summed E-state index contributed by atoms with van der Waals surface area (Å²) in [4.78, 5) is 4.25. The van der Waals surface area contributed by atoms with Gasteiger partial charge >= 0.3 is 0 Å². The van der Waals surface area contributed by atoms with Gasteiger partial charge in [0.2, 0.25) is 0 Å². The lowest BCUT2D eigenvalue weighted by atomic mass is 10.2. The number of fused-ring (bicyclic) bond motifs is 1. The highest BCUT2D eigenvalue weighted by Gasteiger charge is 2.04. The first-order chi connectivity index (χ1) is 7.93. The van der Waals surface area contributed by atoms with Gasteiger partial charge in [0, 0.05) is 15.6 Å². The molecule has 3 aromatic rings. The number of nitrogens with one attached hydrogen (secondary N) is 1. The number of aromatic nitrogens is 1. The van der Waals surface area contributed by atoms with Crippen molar-refractivity contribution in [3.05, 3.63) is 52.9 Å². The molecule has 1 N–H and O–H groups in total. The maximum absolute atomic E-state index is 5.73. The van der Waals surface area contributed by atoms with Gasteiger partial charge < -0.3 is 9.72 Å². The summed E-state index contributed by atoms with van der Waals surface area (Å²) in [5, 5.41) is 4.19. The maximum atomic E-state index is 5.73. The fraction of sp³-hybridized carbons (Fsp3) is 0.0769. The molecule has 0 atom stereocenters. The molecular formula is C13H10NOS. The number of ether oxygens (including phenoxy) is 1. The summed E-state index contributed by atoms with van der Waals surface area (Å²) < 4.78 is 5.73. The highest BCUT2D eigenvalue weighted by atomic mass is 32.1. The number of H-pyrrole nitrogens is 1. The van der Waals surface area contributed by atoms with Crippen molar-refractivity contribution in [3.63, 3.8) is 0 Å². The van der Waals surface area contributed by atoms with Crippen LogP contribution >= 0.6 is 11.3 Å². The standard InChI is InChI=1S/C13H10NOS/c1-2-6-12-10(4-1)8-14-13(12)15-9-11-5-3-7-16-11/h1-7,14H,9H2. The Morgan fingerprint density at radius 1 is 1.19 bits per heavy atom. The van der Waals surface area contributed by atoms with Crippen LogP contribution in [0.1, 0.15) is 4.88 Å². The third-order valence-electron chi connectivity index (χ3n) is 2.42. The van der Waals surface area contributed by atoms with E-state index < -0.39 is 0 Å². The Hall–Kier alpha value is -1.74. The molecule has 0 fully saturated rings. The second-order valence-electron chi connectivity index (χ2n) is 3.49. The number of aromatic amines is 1. The van der Waals surface area contributed by atoms with Gasteiger partial charge in [0.1, 0.15) is 6.61 Å². The molecule has 0 amide bonds. The van der Waals surface area contributed by atoms with Crippen molar-refractivity contribution in [1.82, 2.24) is 4.98 Å². The molecule has 2 nitrogen and oxygen atoms in total. The van der Waals surface area contributed by atoms with Crippen LogP contribution in [0, 0.1) is 6.20 Å². The van der Waals surface area contributed by atoms with Crippen molar-refractivity contribution in [2.24, 2.45) is 0 Å². The zero-order valence-electron chi connectivity index (χ0n) is 8.57. The highest BCUT2D eigenvalue weighted by Crippen LogP contribution is 2.24. The van der Waals surface area contributed by atoms with E-state index in [0.29, 0.717) is 6.61 Å². The second kappa shape index (κ2) is 4.02. The van der Waals surface area contributed by atoms with Crippen LogP contribution in [-0.4, -0.2) is 4.98 Å². The Labute approximate surface area is 97.5 Å². The Kier molecular flexibility index (Phi) is 2.38. The zero-order valence-corrected chi connectivity index (χ0v) is 9.38. The van der Waals surface area contributed by atoms with Crippen molar-refractivity contribution in [3.8, 4) is 5.88 Å². The monoisotopic (exact) mass is 228 g/mol. The van der Waals surface area contributed by atoms with Crippen molar-refractivity contribution in [2.75, 3.05) is 0 Å². The smallest absolute Gasteiger partial charge is 0.199 e. The van der Waals surface area contributed by atoms with Crippen LogP contribution in [0.15, 0.2) is 41.8 Å². The third kappa shape index (κ3) is 1.70. The molecule has 1 aromatic carbocycles. The Morgan fingerprint density at radius 2 is 2.12 bits per heavy atom. The van der Waals surface area contributed by atoms with Crippen molar-refractivity contribution in [1.29, 1.82) is 0 Å². The van der Waals surface area contributed by atoms with E-state index in [0.717, 1.165) is 16.7 Å². The van der Waals surface area contributed by atoms with E-state index in [4.69, 9.17) is 4.74 Å². The summed E-state index contributed by atoms with van der Waals surface area (Å²) in [5.41, 5.74) is 0. The number of hydrogen-bond donors (Lipinski definition) is 1. The Bertz CT molecular complexity index is 583.